The van der Waals surface area contributed by atoms with E-state index in [-0.39, 0.29) is 0 Å². The van der Waals surface area contributed by atoms with E-state index in [1.807, 2.05) is 18.2 Å². The summed E-state index contributed by atoms with van der Waals surface area (Å²) in [7, 11) is 0. The van der Waals surface area contributed by atoms with Crippen molar-refractivity contribution in [3.63, 3.8) is 0 Å². The fourth-order valence-corrected chi connectivity index (χ4v) is 5.08. The van der Waals surface area contributed by atoms with Crippen molar-refractivity contribution in [2.45, 2.75) is 9.37 Å². The van der Waals surface area contributed by atoms with Gasteiger partial charge in [-0.25, -0.2) is 9.97 Å². The molecule has 0 fully saturated rings. The van der Waals surface area contributed by atoms with Crippen LogP contribution in [0.2, 0.25) is 0 Å². The molecule has 2 nitrogen and oxygen atoms in total. The SMILES string of the molecule is c1ccc(-c2cc(Sc3nc4ccccc4s3)nc3ccccc23)cc1. The standard InChI is InChI=1S/C22H14N2S2/c1-2-8-15(9-3-1)17-14-21(23-18-11-5-4-10-16(17)18)26-22-24-19-12-6-7-13-20(19)25-22/h1-14H. The third-order valence-electron chi connectivity index (χ3n) is 4.24. The van der Waals surface area contributed by atoms with Crippen LogP contribution in [0.4, 0.5) is 0 Å². The van der Waals surface area contributed by atoms with Crippen molar-refractivity contribution >= 4 is 44.2 Å². The third kappa shape index (κ3) is 2.87. The molecular formula is C22H14N2S2. The van der Waals surface area contributed by atoms with Gasteiger partial charge in [-0.05, 0) is 47.2 Å². The Morgan fingerprint density at radius 3 is 2.27 bits per heavy atom. The summed E-state index contributed by atoms with van der Waals surface area (Å²) in [5.74, 6) is 0. The largest absolute Gasteiger partial charge is 0.241 e. The molecule has 3 aromatic carbocycles. The molecule has 2 aromatic heterocycles. The Kier molecular flexibility index (Phi) is 3.92. The Bertz CT molecular complexity index is 1180. The molecule has 0 aliphatic carbocycles. The Morgan fingerprint density at radius 2 is 1.42 bits per heavy atom. The number of thiazole rings is 1. The predicted molar refractivity (Wildman–Crippen MR) is 111 cm³/mol. The van der Waals surface area contributed by atoms with Crippen molar-refractivity contribution in [2.24, 2.45) is 0 Å². The van der Waals surface area contributed by atoms with Gasteiger partial charge in [-0.15, -0.1) is 11.3 Å². The molecule has 0 spiro atoms. The zero-order valence-corrected chi connectivity index (χ0v) is 15.4. The fraction of sp³-hybridized carbons (Fsp3) is 0. The van der Waals surface area contributed by atoms with Crippen LogP contribution in [-0.4, -0.2) is 9.97 Å². The van der Waals surface area contributed by atoms with E-state index >= 15 is 0 Å². The van der Waals surface area contributed by atoms with Gasteiger partial charge < -0.3 is 0 Å². The number of rotatable bonds is 3. The smallest absolute Gasteiger partial charge is 0.157 e. The molecule has 0 saturated carbocycles. The van der Waals surface area contributed by atoms with Gasteiger partial charge in [0.05, 0.1) is 15.7 Å². The number of nitrogens with zero attached hydrogens (tertiary/aromatic N) is 2. The minimum Gasteiger partial charge on any atom is -0.241 e. The summed E-state index contributed by atoms with van der Waals surface area (Å²) in [4.78, 5) is 9.59. The Hall–Kier alpha value is -2.69. The third-order valence-corrected chi connectivity index (χ3v) is 6.26. The van der Waals surface area contributed by atoms with Crippen LogP contribution in [0, 0.1) is 0 Å². The van der Waals surface area contributed by atoms with Crippen LogP contribution in [-0.2, 0) is 0 Å². The molecule has 0 aliphatic heterocycles. The van der Waals surface area contributed by atoms with Crippen molar-refractivity contribution in [3.05, 3.63) is 84.9 Å². The lowest BCUT2D eigenvalue weighted by atomic mass is 10.0. The van der Waals surface area contributed by atoms with E-state index in [9.17, 15) is 0 Å². The topological polar surface area (TPSA) is 25.8 Å². The second kappa shape index (κ2) is 6.56. The molecule has 0 amide bonds. The van der Waals surface area contributed by atoms with E-state index in [4.69, 9.17) is 9.97 Å². The highest BCUT2D eigenvalue weighted by Crippen LogP contribution is 2.37. The van der Waals surface area contributed by atoms with E-state index in [2.05, 4.69) is 66.7 Å². The molecule has 0 aliphatic rings. The highest BCUT2D eigenvalue weighted by molar-refractivity contribution is 8.01. The van der Waals surface area contributed by atoms with Gasteiger partial charge in [0.25, 0.3) is 0 Å². The van der Waals surface area contributed by atoms with E-state index in [1.165, 1.54) is 21.2 Å². The monoisotopic (exact) mass is 370 g/mol. The lowest BCUT2D eigenvalue weighted by molar-refractivity contribution is 1.18. The first-order valence-electron chi connectivity index (χ1n) is 8.35. The maximum absolute atomic E-state index is 4.86. The molecule has 0 radical (unpaired) electrons. The normalized spacial score (nSPS) is 11.2. The molecule has 0 unspecified atom stereocenters. The molecule has 5 aromatic rings. The Morgan fingerprint density at radius 1 is 0.692 bits per heavy atom. The zero-order valence-electron chi connectivity index (χ0n) is 13.8. The molecule has 5 rings (SSSR count). The number of hydrogen-bond donors (Lipinski definition) is 0. The van der Waals surface area contributed by atoms with Gasteiger partial charge in [0, 0.05) is 5.39 Å². The molecule has 124 valence electrons. The number of hydrogen-bond acceptors (Lipinski definition) is 4. The maximum atomic E-state index is 4.86. The van der Waals surface area contributed by atoms with Gasteiger partial charge in [-0.3, -0.25) is 0 Å². The highest BCUT2D eigenvalue weighted by atomic mass is 32.2. The van der Waals surface area contributed by atoms with Crippen molar-refractivity contribution < 1.29 is 0 Å². The van der Waals surface area contributed by atoms with E-state index in [0.29, 0.717) is 0 Å². The van der Waals surface area contributed by atoms with Gasteiger partial charge in [0.2, 0.25) is 0 Å². The summed E-state index contributed by atoms with van der Waals surface area (Å²) in [6.07, 6.45) is 0. The van der Waals surface area contributed by atoms with Crippen LogP contribution in [0.15, 0.2) is 94.3 Å². The number of fused-ring (bicyclic) bond motifs is 2. The van der Waals surface area contributed by atoms with Crippen LogP contribution in [0.5, 0.6) is 0 Å². The van der Waals surface area contributed by atoms with Crippen LogP contribution >= 0.6 is 23.1 Å². The zero-order chi connectivity index (χ0) is 17.3. The second-order valence-corrected chi connectivity index (χ2v) is 8.24. The number of pyridine rings is 1. The molecule has 0 saturated heterocycles. The lowest BCUT2D eigenvalue weighted by Gasteiger charge is -2.09. The van der Waals surface area contributed by atoms with E-state index < -0.39 is 0 Å². The highest BCUT2D eigenvalue weighted by Gasteiger charge is 2.11. The maximum Gasteiger partial charge on any atom is 0.157 e. The van der Waals surface area contributed by atoms with Crippen molar-refractivity contribution in [3.8, 4) is 11.1 Å². The predicted octanol–water partition coefficient (Wildman–Crippen LogP) is 6.66. The lowest BCUT2D eigenvalue weighted by Crippen LogP contribution is -1.88. The molecule has 26 heavy (non-hydrogen) atoms. The minimum atomic E-state index is 0.974. The average molecular weight is 371 g/mol. The first kappa shape index (κ1) is 15.6. The first-order valence-corrected chi connectivity index (χ1v) is 9.99. The van der Waals surface area contributed by atoms with Crippen LogP contribution in [0.1, 0.15) is 0 Å². The molecule has 0 N–H and O–H groups in total. The van der Waals surface area contributed by atoms with Gasteiger partial charge in [-0.2, -0.15) is 0 Å². The molecule has 2 heterocycles. The van der Waals surface area contributed by atoms with Gasteiger partial charge in [0.1, 0.15) is 5.03 Å². The van der Waals surface area contributed by atoms with Crippen LogP contribution in [0.3, 0.4) is 0 Å². The molecule has 0 bridgehead atoms. The van der Waals surface area contributed by atoms with Crippen LogP contribution < -0.4 is 0 Å². The number of aromatic nitrogens is 2. The average Bonchev–Trinajstić information content (AvgIpc) is 3.10. The summed E-state index contributed by atoms with van der Waals surface area (Å²) in [6, 6.07) is 29.2. The summed E-state index contributed by atoms with van der Waals surface area (Å²) in [5, 5.41) is 2.15. The molecular weight excluding hydrogens is 356 g/mol. The summed E-state index contributed by atoms with van der Waals surface area (Å²) in [6.45, 7) is 0. The quantitative estimate of drug-likeness (QED) is 0.355. The number of para-hydroxylation sites is 2. The van der Waals surface area contributed by atoms with Crippen LogP contribution in [0.25, 0.3) is 32.2 Å². The van der Waals surface area contributed by atoms with E-state index in [1.54, 1.807) is 23.1 Å². The van der Waals surface area contributed by atoms with Gasteiger partial charge in [-0.1, -0.05) is 60.7 Å². The Balaban J connectivity index is 1.64. The van der Waals surface area contributed by atoms with E-state index in [0.717, 1.165) is 20.4 Å². The minimum absolute atomic E-state index is 0.974. The summed E-state index contributed by atoms with van der Waals surface area (Å²) >= 11 is 3.34. The van der Waals surface area contributed by atoms with Crippen molar-refractivity contribution in [2.75, 3.05) is 0 Å². The second-order valence-electron chi connectivity index (χ2n) is 5.94. The molecule has 4 heteroatoms. The number of benzene rings is 3. The first-order chi connectivity index (χ1) is 12.9. The van der Waals surface area contributed by atoms with Gasteiger partial charge >= 0.3 is 0 Å². The van der Waals surface area contributed by atoms with Crippen molar-refractivity contribution in [1.29, 1.82) is 0 Å². The van der Waals surface area contributed by atoms with Crippen molar-refractivity contribution in [1.82, 2.24) is 9.97 Å². The summed E-state index contributed by atoms with van der Waals surface area (Å²) < 4.78 is 2.23. The Labute approximate surface area is 159 Å². The molecule has 0 atom stereocenters. The van der Waals surface area contributed by atoms with Gasteiger partial charge in [0.15, 0.2) is 4.34 Å². The fourth-order valence-electron chi connectivity index (χ4n) is 3.04. The summed E-state index contributed by atoms with van der Waals surface area (Å²) in [5.41, 5.74) is 4.47.